The quantitative estimate of drug-likeness (QED) is 0.597. The molecule has 1 atom stereocenters. The first kappa shape index (κ1) is 25.7. The van der Waals surface area contributed by atoms with Gasteiger partial charge in [-0.1, -0.05) is 55.8 Å². The molecule has 0 aliphatic heterocycles. The Labute approximate surface area is 195 Å². The van der Waals surface area contributed by atoms with Crippen LogP contribution in [0.2, 0.25) is 5.02 Å². The predicted octanol–water partition coefficient (Wildman–Crippen LogP) is 3.39. The van der Waals surface area contributed by atoms with E-state index in [0.717, 1.165) is 21.7 Å². The molecule has 0 spiro atoms. The zero-order valence-electron chi connectivity index (χ0n) is 19.0. The van der Waals surface area contributed by atoms with Crippen LogP contribution >= 0.6 is 11.6 Å². The van der Waals surface area contributed by atoms with Crippen molar-refractivity contribution in [3.05, 3.63) is 64.7 Å². The van der Waals surface area contributed by atoms with E-state index in [1.165, 1.54) is 11.9 Å². The minimum atomic E-state index is -3.77. The molecule has 2 rings (SSSR count). The van der Waals surface area contributed by atoms with E-state index < -0.39 is 28.5 Å². The molecule has 0 fully saturated rings. The van der Waals surface area contributed by atoms with Gasteiger partial charge >= 0.3 is 0 Å². The van der Waals surface area contributed by atoms with Crippen molar-refractivity contribution in [2.45, 2.75) is 39.3 Å². The number of carbonyl (C=O) groups excluding carboxylic acids is 2. The van der Waals surface area contributed by atoms with Crippen LogP contribution in [0.4, 0.5) is 5.69 Å². The topological polar surface area (TPSA) is 86.8 Å². The number of halogens is 1. The molecule has 174 valence electrons. The van der Waals surface area contributed by atoms with Gasteiger partial charge < -0.3 is 10.2 Å². The van der Waals surface area contributed by atoms with Crippen molar-refractivity contribution in [1.29, 1.82) is 0 Å². The van der Waals surface area contributed by atoms with E-state index in [9.17, 15) is 18.0 Å². The van der Waals surface area contributed by atoms with Gasteiger partial charge in [0, 0.05) is 18.6 Å². The van der Waals surface area contributed by atoms with E-state index in [4.69, 9.17) is 11.6 Å². The maximum atomic E-state index is 13.4. The number of carbonyl (C=O) groups is 2. The van der Waals surface area contributed by atoms with Gasteiger partial charge in [0.25, 0.3) is 0 Å². The van der Waals surface area contributed by atoms with E-state index in [2.05, 4.69) is 5.32 Å². The van der Waals surface area contributed by atoms with Crippen LogP contribution in [0.3, 0.4) is 0 Å². The molecule has 2 amide bonds. The van der Waals surface area contributed by atoms with Crippen LogP contribution in [0.1, 0.15) is 37.8 Å². The van der Waals surface area contributed by atoms with Gasteiger partial charge in [0.05, 0.1) is 11.9 Å². The molecule has 0 bridgehead atoms. The molecule has 0 radical (unpaired) electrons. The van der Waals surface area contributed by atoms with Crippen molar-refractivity contribution < 1.29 is 18.0 Å². The number of benzene rings is 2. The average Bonchev–Trinajstić information content (AvgIpc) is 2.73. The monoisotopic (exact) mass is 479 g/mol. The van der Waals surface area contributed by atoms with Gasteiger partial charge in [0.15, 0.2) is 0 Å². The summed E-state index contributed by atoms with van der Waals surface area (Å²) in [7, 11) is -2.28. The minimum Gasteiger partial charge on any atom is -0.357 e. The SMILES string of the molecule is CNC(=O)C(C)N(Cc1cccc(Cl)c1)C(=O)CN(c1ccccc1C(C)C)S(C)(=O)=O. The zero-order chi connectivity index (χ0) is 24.1. The Morgan fingerprint density at radius 1 is 1.06 bits per heavy atom. The van der Waals surface area contributed by atoms with Crippen molar-refractivity contribution in [3.63, 3.8) is 0 Å². The Hall–Kier alpha value is -2.58. The van der Waals surface area contributed by atoms with Gasteiger partial charge in [0.1, 0.15) is 12.6 Å². The lowest BCUT2D eigenvalue weighted by Gasteiger charge is -2.32. The van der Waals surface area contributed by atoms with Crippen LogP contribution in [-0.4, -0.2) is 51.0 Å². The number of para-hydroxylation sites is 1. The number of nitrogens with one attached hydrogen (secondary N) is 1. The fourth-order valence-corrected chi connectivity index (χ4v) is 4.50. The first-order valence-corrected chi connectivity index (χ1v) is 12.5. The Morgan fingerprint density at radius 3 is 2.28 bits per heavy atom. The third kappa shape index (κ3) is 6.46. The third-order valence-electron chi connectivity index (χ3n) is 5.16. The van der Waals surface area contributed by atoms with Gasteiger partial charge in [-0.25, -0.2) is 8.42 Å². The Kier molecular flexibility index (Phi) is 8.69. The van der Waals surface area contributed by atoms with E-state index in [1.54, 1.807) is 43.3 Å². The summed E-state index contributed by atoms with van der Waals surface area (Å²) in [6, 6.07) is 13.3. The van der Waals surface area contributed by atoms with Crippen LogP contribution in [0.25, 0.3) is 0 Å². The summed E-state index contributed by atoms with van der Waals surface area (Å²) in [5.74, 6) is -0.795. The minimum absolute atomic E-state index is 0.0536. The van der Waals surface area contributed by atoms with E-state index in [1.807, 2.05) is 26.0 Å². The molecule has 1 N–H and O–H groups in total. The largest absolute Gasteiger partial charge is 0.357 e. The molecular formula is C23H30ClN3O4S. The van der Waals surface area contributed by atoms with Crippen LogP contribution in [0.15, 0.2) is 48.5 Å². The predicted molar refractivity (Wildman–Crippen MR) is 128 cm³/mol. The number of sulfonamides is 1. The maximum Gasteiger partial charge on any atom is 0.244 e. The summed E-state index contributed by atoms with van der Waals surface area (Å²) in [6.45, 7) is 5.20. The molecule has 0 saturated carbocycles. The average molecular weight is 480 g/mol. The number of amides is 2. The van der Waals surface area contributed by atoms with Crippen molar-refractivity contribution in [1.82, 2.24) is 10.2 Å². The summed E-state index contributed by atoms with van der Waals surface area (Å²) in [5.41, 5.74) is 2.00. The summed E-state index contributed by atoms with van der Waals surface area (Å²) in [5, 5.41) is 3.05. The van der Waals surface area contributed by atoms with Crippen LogP contribution < -0.4 is 9.62 Å². The molecule has 9 heteroatoms. The van der Waals surface area contributed by atoms with Crippen molar-refractivity contribution in [2.24, 2.45) is 0 Å². The smallest absolute Gasteiger partial charge is 0.244 e. The van der Waals surface area contributed by atoms with Gasteiger partial charge in [-0.15, -0.1) is 0 Å². The molecule has 2 aromatic carbocycles. The van der Waals surface area contributed by atoms with Crippen molar-refractivity contribution >= 4 is 39.1 Å². The molecule has 32 heavy (non-hydrogen) atoms. The highest BCUT2D eigenvalue weighted by atomic mass is 35.5. The molecule has 0 aromatic heterocycles. The lowest BCUT2D eigenvalue weighted by atomic mass is 10.0. The first-order valence-electron chi connectivity index (χ1n) is 10.3. The van der Waals surface area contributed by atoms with E-state index >= 15 is 0 Å². The fourth-order valence-electron chi connectivity index (χ4n) is 3.42. The van der Waals surface area contributed by atoms with Crippen molar-refractivity contribution in [3.8, 4) is 0 Å². The molecule has 0 heterocycles. The molecule has 7 nitrogen and oxygen atoms in total. The van der Waals surface area contributed by atoms with Crippen LogP contribution in [-0.2, 0) is 26.2 Å². The zero-order valence-corrected chi connectivity index (χ0v) is 20.6. The standard InChI is InChI=1S/C23H30ClN3O4S/c1-16(2)20-11-6-7-12-21(20)27(32(5,30)31)15-22(28)26(17(3)23(29)25-4)14-18-9-8-10-19(24)13-18/h6-13,16-17H,14-15H2,1-5H3,(H,25,29). The second-order valence-corrected chi connectivity index (χ2v) is 10.3. The lowest BCUT2D eigenvalue weighted by molar-refractivity contribution is -0.139. The first-order chi connectivity index (χ1) is 15.0. The number of nitrogens with zero attached hydrogens (tertiary/aromatic N) is 2. The Bertz CT molecular complexity index is 1070. The Morgan fingerprint density at radius 2 is 1.72 bits per heavy atom. The molecule has 0 saturated heterocycles. The van der Waals surface area contributed by atoms with E-state index in [0.29, 0.717) is 10.7 Å². The number of hydrogen-bond acceptors (Lipinski definition) is 4. The highest BCUT2D eigenvalue weighted by Crippen LogP contribution is 2.29. The summed E-state index contributed by atoms with van der Waals surface area (Å²) in [4.78, 5) is 27.1. The number of hydrogen-bond donors (Lipinski definition) is 1. The summed E-state index contributed by atoms with van der Waals surface area (Å²) in [6.07, 6.45) is 1.07. The number of likely N-dealkylation sites (N-methyl/N-ethyl adjacent to an activating group) is 1. The summed E-state index contributed by atoms with van der Waals surface area (Å²) < 4.78 is 26.5. The van der Waals surface area contributed by atoms with Gasteiger partial charge in [0.2, 0.25) is 21.8 Å². The second-order valence-electron chi connectivity index (χ2n) is 7.92. The summed E-state index contributed by atoms with van der Waals surface area (Å²) >= 11 is 6.08. The Balaban J connectivity index is 2.45. The van der Waals surface area contributed by atoms with E-state index in [-0.39, 0.29) is 18.4 Å². The van der Waals surface area contributed by atoms with Crippen molar-refractivity contribution in [2.75, 3.05) is 24.2 Å². The lowest BCUT2D eigenvalue weighted by Crippen LogP contribution is -2.50. The molecule has 0 aliphatic rings. The molecular weight excluding hydrogens is 450 g/mol. The maximum absolute atomic E-state index is 13.4. The van der Waals surface area contributed by atoms with Crippen LogP contribution in [0.5, 0.6) is 0 Å². The molecule has 0 aliphatic carbocycles. The highest BCUT2D eigenvalue weighted by Gasteiger charge is 2.30. The van der Waals surface area contributed by atoms with Gasteiger partial charge in [-0.05, 0) is 42.2 Å². The second kappa shape index (κ2) is 10.8. The number of anilines is 1. The van der Waals surface area contributed by atoms with Gasteiger partial charge in [-0.2, -0.15) is 0 Å². The molecule has 1 unspecified atom stereocenters. The number of rotatable bonds is 9. The van der Waals surface area contributed by atoms with Gasteiger partial charge in [-0.3, -0.25) is 13.9 Å². The normalized spacial score (nSPS) is 12.3. The third-order valence-corrected chi connectivity index (χ3v) is 6.52. The fraction of sp³-hybridized carbons (Fsp3) is 0.391. The van der Waals surface area contributed by atoms with Crippen LogP contribution in [0, 0.1) is 0 Å². The molecule has 2 aromatic rings. The highest BCUT2D eigenvalue weighted by molar-refractivity contribution is 7.92.